The number of nitrogens with zero attached hydrogens (tertiary/aromatic N) is 2. The molecule has 0 amide bonds. The van der Waals surface area contributed by atoms with Gasteiger partial charge in [0.25, 0.3) is 5.56 Å². The number of hydrogen-bond donors (Lipinski definition) is 0. The Morgan fingerprint density at radius 3 is 2.77 bits per heavy atom. The Labute approximate surface area is 137 Å². The molecule has 0 spiro atoms. The van der Waals surface area contributed by atoms with Crippen LogP contribution in [0.1, 0.15) is 30.2 Å². The highest BCUT2D eigenvalue weighted by molar-refractivity contribution is 7.99. The van der Waals surface area contributed by atoms with Gasteiger partial charge in [-0.25, -0.2) is 4.98 Å². The molecule has 2 heterocycles. The largest absolute Gasteiger partial charge is 0.468 e. The maximum atomic E-state index is 12.8. The lowest BCUT2D eigenvalue weighted by molar-refractivity contribution is -0.137. The molecule has 0 aromatic carbocycles. The van der Waals surface area contributed by atoms with Crippen molar-refractivity contribution in [2.24, 2.45) is 0 Å². The van der Waals surface area contributed by atoms with Gasteiger partial charge >= 0.3 is 5.97 Å². The summed E-state index contributed by atoms with van der Waals surface area (Å²) in [4.78, 5) is 30.6. The smallest absolute Gasteiger partial charge is 0.316 e. The summed E-state index contributed by atoms with van der Waals surface area (Å²) in [6.45, 7) is 6.66. The highest BCUT2D eigenvalue weighted by atomic mass is 32.2. The first-order valence-corrected chi connectivity index (χ1v) is 9.00. The van der Waals surface area contributed by atoms with Crippen LogP contribution in [0.5, 0.6) is 0 Å². The third-order valence-electron chi connectivity index (χ3n) is 3.54. The van der Waals surface area contributed by atoms with E-state index in [0.29, 0.717) is 17.1 Å². The fraction of sp³-hybridized carbons (Fsp3) is 0.533. The van der Waals surface area contributed by atoms with E-state index < -0.39 is 0 Å². The second kappa shape index (κ2) is 7.28. The van der Waals surface area contributed by atoms with Crippen LogP contribution in [0.3, 0.4) is 0 Å². The van der Waals surface area contributed by atoms with Crippen LogP contribution in [0.15, 0.2) is 9.95 Å². The maximum absolute atomic E-state index is 12.8. The molecule has 0 N–H and O–H groups in total. The number of methoxy groups -OCH3 is 1. The lowest BCUT2D eigenvalue weighted by Crippen LogP contribution is -2.23. The summed E-state index contributed by atoms with van der Waals surface area (Å²) < 4.78 is 6.35. The lowest BCUT2D eigenvalue weighted by atomic mass is 10.2. The minimum Gasteiger partial charge on any atom is -0.468 e. The van der Waals surface area contributed by atoms with Gasteiger partial charge < -0.3 is 4.74 Å². The third kappa shape index (κ3) is 3.35. The van der Waals surface area contributed by atoms with Gasteiger partial charge in [0.1, 0.15) is 4.83 Å². The number of thiophene rings is 1. The van der Waals surface area contributed by atoms with Gasteiger partial charge in [-0.05, 0) is 25.8 Å². The number of hydrogen-bond acceptors (Lipinski definition) is 6. The van der Waals surface area contributed by atoms with E-state index in [4.69, 9.17) is 0 Å². The van der Waals surface area contributed by atoms with Crippen LogP contribution in [0.25, 0.3) is 10.2 Å². The van der Waals surface area contributed by atoms with Crippen LogP contribution in [0.4, 0.5) is 0 Å². The first kappa shape index (κ1) is 17.0. The summed E-state index contributed by atoms with van der Waals surface area (Å²) in [5.74, 6) is -0.163. The second-order valence-electron chi connectivity index (χ2n) is 5.03. The average Bonchev–Trinajstić information content (AvgIpc) is 2.79. The van der Waals surface area contributed by atoms with Gasteiger partial charge in [-0.2, -0.15) is 0 Å². The van der Waals surface area contributed by atoms with E-state index in [1.165, 1.54) is 30.2 Å². The van der Waals surface area contributed by atoms with Gasteiger partial charge in [0.2, 0.25) is 0 Å². The molecule has 2 aromatic heterocycles. The molecule has 2 aromatic rings. The summed E-state index contributed by atoms with van der Waals surface area (Å²) in [6, 6.07) is 0. The first-order chi connectivity index (χ1) is 10.5. The lowest BCUT2D eigenvalue weighted by Gasteiger charge is -2.11. The maximum Gasteiger partial charge on any atom is 0.316 e. The number of esters is 1. The monoisotopic (exact) mass is 340 g/mol. The molecule has 0 saturated heterocycles. The van der Waals surface area contributed by atoms with Gasteiger partial charge in [0.05, 0.1) is 18.2 Å². The standard InChI is InChI=1S/C15H20N2O3S2/c1-5-6-7-17-14(19)12-9(2)10(3)22-13(12)16-15(17)21-8-11(18)20-4/h5-8H2,1-4H3. The van der Waals surface area contributed by atoms with Crippen molar-refractivity contribution in [2.45, 2.75) is 45.3 Å². The minimum atomic E-state index is -0.320. The van der Waals surface area contributed by atoms with E-state index in [0.717, 1.165) is 28.1 Å². The van der Waals surface area contributed by atoms with E-state index in [9.17, 15) is 9.59 Å². The molecule has 0 aliphatic heterocycles. The van der Waals surface area contributed by atoms with Crippen molar-refractivity contribution in [1.82, 2.24) is 9.55 Å². The molecular formula is C15H20N2O3S2. The first-order valence-electron chi connectivity index (χ1n) is 7.19. The predicted molar refractivity (Wildman–Crippen MR) is 91.0 cm³/mol. The number of ether oxygens (including phenoxy) is 1. The number of unbranched alkanes of at least 4 members (excludes halogenated alkanes) is 1. The van der Waals surface area contributed by atoms with Crippen molar-refractivity contribution in [3.05, 3.63) is 20.8 Å². The zero-order chi connectivity index (χ0) is 16.3. The van der Waals surface area contributed by atoms with Crippen molar-refractivity contribution in [3.8, 4) is 0 Å². The molecule has 5 nitrogen and oxygen atoms in total. The zero-order valence-electron chi connectivity index (χ0n) is 13.3. The quantitative estimate of drug-likeness (QED) is 0.459. The summed E-state index contributed by atoms with van der Waals surface area (Å²) in [6.07, 6.45) is 1.90. The van der Waals surface area contributed by atoms with Crippen LogP contribution in [0.2, 0.25) is 0 Å². The highest BCUT2D eigenvalue weighted by Gasteiger charge is 2.17. The summed E-state index contributed by atoms with van der Waals surface area (Å²) in [7, 11) is 1.36. The number of thioether (sulfide) groups is 1. The number of rotatable bonds is 6. The Bertz CT molecular complexity index is 749. The normalized spacial score (nSPS) is 11.1. The summed E-state index contributed by atoms with van der Waals surface area (Å²) >= 11 is 2.78. The molecule has 0 aliphatic carbocycles. The number of fused-ring (bicyclic) bond motifs is 1. The van der Waals surface area contributed by atoms with Crippen molar-refractivity contribution in [1.29, 1.82) is 0 Å². The molecule has 0 aliphatic rings. The van der Waals surface area contributed by atoms with E-state index >= 15 is 0 Å². The van der Waals surface area contributed by atoms with Crippen molar-refractivity contribution in [2.75, 3.05) is 12.9 Å². The van der Waals surface area contributed by atoms with Gasteiger partial charge in [-0.15, -0.1) is 11.3 Å². The summed E-state index contributed by atoms with van der Waals surface area (Å²) in [5.41, 5.74) is 1.000. The molecule has 22 heavy (non-hydrogen) atoms. The minimum absolute atomic E-state index is 0.00679. The Balaban J connectivity index is 2.52. The SMILES string of the molecule is CCCCn1c(SCC(=O)OC)nc2sc(C)c(C)c2c1=O. The van der Waals surface area contributed by atoms with E-state index in [2.05, 4.69) is 16.6 Å². The van der Waals surface area contributed by atoms with Gasteiger partial charge in [-0.3, -0.25) is 14.2 Å². The molecule has 0 atom stereocenters. The van der Waals surface area contributed by atoms with Crippen LogP contribution < -0.4 is 5.56 Å². The van der Waals surface area contributed by atoms with Gasteiger partial charge in [0, 0.05) is 11.4 Å². The molecular weight excluding hydrogens is 320 g/mol. The molecule has 0 saturated carbocycles. The topological polar surface area (TPSA) is 61.2 Å². The molecule has 0 fully saturated rings. The molecule has 0 bridgehead atoms. The van der Waals surface area contributed by atoms with Gasteiger partial charge in [-0.1, -0.05) is 25.1 Å². The van der Waals surface area contributed by atoms with E-state index in [1.807, 2.05) is 13.8 Å². The van der Waals surface area contributed by atoms with Crippen LogP contribution in [-0.2, 0) is 16.1 Å². The average molecular weight is 340 g/mol. The fourth-order valence-corrected chi connectivity index (χ4v) is 4.04. The summed E-state index contributed by atoms with van der Waals surface area (Å²) in [5, 5.41) is 1.30. The second-order valence-corrected chi connectivity index (χ2v) is 7.18. The number of carbonyl (C=O) groups excluding carboxylic acids is 1. The van der Waals surface area contributed by atoms with Gasteiger partial charge in [0.15, 0.2) is 5.16 Å². The van der Waals surface area contributed by atoms with Crippen molar-refractivity contribution in [3.63, 3.8) is 0 Å². The van der Waals surface area contributed by atoms with Crippen molar-refractivity contribution < 1.29 is 9.53 Å². The van der Waals surface area contributed by atoms with E-state index in [-0.39, 0.29) is 17.3 Å². The molecule has 7 heteroatoms. The highest BCUT2D eigenvalue weighted by Crippen LogP contribution is 2.28. The molecule has 2 rings (SSSR count). The molecule has 0 radical (unpaired) electrons. The Kier molecular flexibility index (Phi) is 5.63. The van der Waals surface area contributed by atoms with Crippen LogP contribution >= 0.6 is 23.1 Å². The predicted octanol–water partition coefficient (Wildman–Crippen LogP) is 3.14. The Hall–Kier alpha value is -1.34. The van der Waals surface area contributed by atoms with Crippen molar-refractivity contribution >= 4 is 39.3 Å². The zero-order valence-corrected chi connectivity index (χ0v) is 14.9. The fourth-order valence-electron chi connectivity index (χ4n) is 2.11. The third-order valence-corrected chi connectivity index (χ3v) is 5.59. The Morgan fingerprint density at radius 2 is 2.14 bits per heavy atom. The molecule has 0 unspecified atom stereocenters. The number of aryl methyl sites for hydroxylation is 2. The Morgan fingerprint density at radius 1 is 1.41 bits per heavy atom. The molecule has 120 valence electrons. The number of carbonyl (C=O) groups is 1. The van der Waals surface area contributed by atoms with E-state index in [1.54, 1.807) is 4.57 Å². The van der Waals surface area contributed by atoms with Crippen LogP contribution in [-0.4, -0.2) is 28.4 Å². The van der Waals surface area contributed by atoms with Crippen LogP contribution in [0, 0.1) is 13.8 Å². The number of aromatic nitrogens is 2.